The van der Waals surface area contributed by atoms with Crippen LogP contribution in [0.3, 0.4) is 0 Å². The second-order valence-corrected chi connectivity index (χ2v) is 6.80. The van der Waals surface area contributed by atoms with Gasteiger partial charge >= 0.3 is 0 Å². The number of para-hydroxylation sites is 1. The average Bonchev–Trinajstić information content (AvgIpc) is 3.10. The van der Waals surface area contributed by atoms with Gasteiger partial charge in [0.2, 0.25) is 0 Å². The number of aromatic nitrogens is 1. The quantitative estimate of drug-likeness (QED) is 0.320. The molecule has 0 aliphatic carbocycles. The Kier molecular flexibility index (Phi) is 5.03. The summed E-state index contributed by atoms with van der Waals surface area (Å²) in [5.41, 5.74) is 2.33. The number of hydrogen-bond acceptors (Lipinski definition) is 5. The van der Waals surface area contributed by atoms with E-state index in [0.29, 0.717) is 16.1 Å². The lowest BCUT2D eigenvalue weighted by Gasteiger charge is -1.98. The second-order valence-electron chi connectivity index (χ2n) is 5.03. The number of nitro groups is 1. The van der Waals surface area contributed by atoms with Crippen LogP contribution in [-0.2, 0) is 0 Å². The van der Waals surface area contributed by atoms with Gasteiger partial charge in [-0.15, -0.1) is 11.3 Å². The van der Waals surface area contributed by atoms with Crippen LogP contribution >= 0.6 is 27.3 Å². The fourth-order valence-electron chi connectivity index (χ4n) is 2.22. The molecule has 1 heterocycles. The largest absolute Gasteiger partial charge is 0.276 e. The van der Waals surface area contributed by atoms with Crippen molar-refractivity contribution in [1.29, 1.82) is 5.26 Å². The number of nitro benzene ring substituents is 1. The minimum absolute atomic E-state index is 0.0417. The third-order valence-corrected chi connectivity index (χ3v) is 4.83. The summed E-state index contributed by atoms with van der Waals surface area (Å²) in [6.45, 7) is 0. The molecule has 0 atom stereocenters. The van der Waals surface area contributed by atoms with Crippen molar-refractivity contribution in [3.8, 4) is 17.3 Å². The van der Waals surface area contributed by atoms with E-state index in [1.165, 1.54) is 23.5 Å². The molecule has 0 saturated carbocycles. The van der Waals surface area contributed by atoms with Crippen LogP contribution in [0.1, 0.15) is 10.6 Å². The van der Waals surface area contributed by atoms with Crippen LogP contribution in [0.5, 0.6) is 0 Å². The first-order valence-corrected chi connectivity index (χ1v) is 8.83. The normalized spacial score (nSPS) is 11.1. The summed E-state index contributed by atoms with van der Waals surface area (Å²) in [4.78, 5) is 15.2. The Labute approximate surface area is 156 Å². The van der Waals surface area contributed by atoms with Gasteiger partial charge in [0.25, 0.3) is 5.69 Å². The summed E-state index contributed by atoms with van der Waals surface area (Å²) in [5, 5.41) is 23.0. The van der Waals surface area contributed by atoms with Crippen molar-refractivity contribution in [1.82, 2.24) is 4.98 Å². The second kappa shape index (κ2) is 7.38. The zero-order chi connectivity index (χ0) is 17.8. The van der Waals surface area contributed by atoms with Crippen molar-refractivity contribution < 1.29 is 4.92 Å². The first-order chi connectivity index (χ1) is 12.1. The molecule has 3 aromatic rings. The molecule has 0 aliphatic rings. The topological polar surface area (TPSA) is 79.8 Å². The smallest absolute Gasteiger partial charge is 0.258 e. The summed E-state index contributed by atoms with van der Waals surface area (Å²) < 4.78 is 0.973. The summed E-state index contributed by atoms with van der Waals surface area (Å²) in [6.07, 6.45) is 1.50. The lowest BCUT2D eigenvalue weighted by molar-refractivity contribution is -0.385. The van der Waals surface area contributed by atoms with Gasteiger partial charge in [-0.1, -0.05) is 40.2 Å². The van der Waals surface area contributed by atoms with Gasteiger partial charge in [-0.25, -0.2) is 4.98 Å². The Bertz CT molecular complexity index is 1000. The fraction of sp³-hybridized carbons (Fsp3) is 0. The van der Waals surface area contributed by atoms with E-state index in [-0.39, 0.29) is 5.69 Å². The first-order valence-electron chi connectivity index (χ1n) is 7.15. The number of nitrogens with zero attached hydrogens (tertiary/aromatic N) is 3. The molecule has 0 N–H and O–H groups in total. The minimum Gasteiger partial charge on any atom is -0.258 e. The van der Waals surface area contributed by atoms with Crippen LogP contribution in [0, 0.1) is 21.4 Å². The SMILES string of the molecule is N#CC(=Cc1ccccc1[N+](=O)[O-])c1nc(-c2ccc(Br)cc2)cs1. The van der Waals surface area contributed by atoms with Crippen LogP contribution < -0.4 is 0 Å². The maximum absolute atomic E-state index is 11.1. The maximum Gasteiger partial charge on any atom is 0.276 e. The van der Waals surface area contributed by atoms with Gasteiger partial charge in [0, 0.05) is 21.5 Å². The summed E-state index contributed by atoms with van der Waals surface area (Å²) in [7, 11) is 0. The molecule has 0 fully saturated rings. The Balaban J connectivity index is 1.99. The molecule has 2 aromatic carbocycles. The molecule has 0 saturated heterocycles. The first kappa shape index (κ1) is 17.0. The molecule has 25 heavy (non-hydrogen) atoms. The Morgan fingerprint density at radius 1 is 1.24 bits per heavy atom. The standard InChI is InChI=1S/C18H10BrN3O2S/c19-15-7-5-12(6-8-15)16-11-25-18(21-16)14(10-20)9-13-3-1-2-4-17(13)22(23)24/h1-9,11H. The summed E-state index contributed by atoms with van der Waals surface area (Å²) in [6, 6.07) is 16.1. The molecule has 0 bridgehead atoms. The van der Waals surface area contributed by atoms with Crippen molar-refractivity contribution in [2.45, 2.75) is 0 Å². The van der Waals surface area contributed by atoms with Crippen LogP contribution in [-0.4, -0.2) is 9.91 Å². The van der Waals surface area contributed by atoms with Crippen LogP contribution in [0.15, 0.2) is 58.4 Å². The third kappa shape index (κ3) is 3.82. The van der Waals surface area contributed by atoms with E-state index < -0.39 is 4.92 Å². The molecular formula is C18H10BrN3O2S. The van der Waals surface area contributed by atoms with Crippen molar-refractivity contribution >= 4 is 44.6 Å². The Hall–Kier alpha value is -2.82. The van der Waals surface area contributed by atoms with Crippen LogP contribution in [0.25, 0.3) is 22.9 Å². The molecule has 122 valence electrons. The van der Waals surface area contributed by atoms with Gasteiger partial charge in [-0.05, 0) is 24.3 Å². The van der Waals surface area contributed by atoms with E-state index in [9.17, 15) is 15.4 Å². The van der Waals surface area contributed by atoms with E-state index in [0.717, 1.165) is 15.7 Å². The number of nitriles is 1. The predicted molar refractivity (Wildman–Crippen MR) is 102 cm³/mol. The molecule has 5 nitrogen and oxygen atoms in total. The van der Waals surface area contributed by atoms with Gasteiger partial charge in [-0.3, -0.25) is 10.1 Å². The van der Waals surface area contributed by atoms with Crippen molar-refractivity contribution in [3.63, 3.8) is 0 Å². The van der Waals surface area contributed by atoms with Gasteiger partial charge < -0.3 is 0 Å². The number of benzene rings is 2. The minimum atomic E-state index is -0.462. The summed E-state index contributed by atoms with van der Waals surface area (Å²) >= 11 is 4.72. The highest BCUT2D eigenvalue weighted by molar-refractivity contribution is 9.10. The highest BCUT2D eigenvalue weighted by Crippen LogP contribution is 2.29. The zero-order valence-corrected chi connectivity index (χ0v) is 15.1. The Morgan fingerprint density at radius 3 is 2.64 bits per heavy atom. The van der Waals surface area contributed by atoms with Gasteiger partial charge in [0.05, 0.1) is 21.8 Å². The van der Waals surface area contributed by atoms with E-state index in [1.54, 1.807) is 18.2 Å². The lowest BCUT2D eigenvalue weighted by atomic mass is 10.1. The van der Waals surface area contributed by atoms with Gasteiger partial charge in [-0.2, -0.15) is 5.26 Å². The number of thiazole rings is 1. The predicted octanol–water partition coefficient (Wildman–Crippen LogP) is 5.54. The lowest BCUT2D eigenvalue weighted by Crippen LogP contribution is -1.91. The molecule has 3 rings (SSSR count). The molecule has 0 spiro atoms. The Morgan fingerprint density at radius 2 is 1.96 bits per heavy atom. The third-order valence-electron chi connectivity index (χ3n) is 3.43. The summed E-state index contributed by atoms with van der Waals surface area (Å²) in [5.74, 6) is 0. The van der Waals surface area contributed by atoms with E-state index in [2.05, 4.69) is 27.0 Å². The van der Waals surface area contributed by atoms with Gasteiger partial charge in [0.15, 0.2) is 0 Å². The molecular weight excluding hydrogens is 402 g/mol. The van der Waals surface area contributed by atoms with Crippen molar-refractivity contribution in [2.24, 2.45) is 0 Å². The maximum atomic E-state index is 11.1. The van der Waals surface area contributed by atoms with E-state index in [1.807, 2.05) is 29.6 Å². The van der Waals surface area contributed by atoms with Crippen LogP contribution in [0.4, 0.5) is 5.69 Å². The van der Waals surface area contributed by atoms with Crippen LogP contribution in [0.2, 0.25) is 0 Å². The van der Waals surface area contributed by atoms with Gasteiger partial charge in [0.1, 0.15) is 11.1 Å². The molecule has 1 aromatic heterocycles. The van der Waals surface area contributed by atoms with E-state index >= 15 is 0 Å². The number of halogens is 1. The monoisotopic (exact) mass is 411 g/mol. The van der Waals surface area contributed by atoms with Crippen molar-refractivity contribution in [2.75, 3.05) is 0 Å². The molecule has 0 unspecified atom stereocenters. The number of rotatable bonds is 4. The highest BCUT2D eigenvalue weighted by Gasteiger charge is 2.14. The fourth-order valence-corrected chi connectivity index (χ4v) is 3.28. The molecule has 7 heteroatoms. The molecule has 0 radical (unpaired) electrons. The average molecular weight is 412 g/mol. The number of hydrogen-bond donors (Lipinski definition) is 0. The molecule has 0 aliphatic heterocycles. The van der Waals surface area contributed by atoms with Crippen molar-refractivity contribution in [3.05, 3.63) is 79.1 Å². The number of allylic oxidation sites excluding steroid dienone is 1. The molecule has 0 amide bonds. The zero-order valence-electron chi connectivity index (χ0n) is 12.7. The highest BCUT2D eigenvalue weighted by atomic mass is 79.9. The van der Waals surface area contributed by atoms with E-state index in [4.69, 9.17) is 0 Å².